The number of nitrogens with zero attached hydrogens (tertiary/aromatic N) is 2. The van der Waals surface area contributed by atoms with Crippen molar-refractivity contribution in [3.8, 4) is 5.75 Å². The van der Waals surface area contributed by atoms with Gasteiger partial charge in [0, 0.05) is 29.2 Å². The number of fused-ring (bicyclic) bond motifs is 1. The van der Waals surface area contributed by atoms with Crippen molar-refractivity contribution in [3.05, 3.63) is 65.4 Å². The van der Waals surface area contributed by atoms with Crippen LogP contribution in [0.3, 0.4) is 0 Å². The molecule has 2 aliphatic rings. The van der Waals surface area contributed by atoms with Crippen molar-refractivity contribution in [3.63, 3.8) is 0 Å². The number of benzene rings is 2. The summed E-state index contributed by atoms with van der Waals surface area (Å²) in [4.78, 5) is 16.2. The largest absolute Gasteiger partial charge is 0.497 e. The van der Waals surface area contributed by atoms with E-state index in [9.17, 15) is 4.79 Å². The number of hydrogen-bond acceptors (Lipinski definition) is 3. The highest BCUT2D eigenvalue weighted by Crippen LogP contribution is 2.34. The summed E-state index contributed by atoms with van der Waals surface area (Å²) in [5.41, 5.74) is 4.03. The van der Waals surface area contributed by atoms with Crippen LogP contribution < -0.4 is 4.74 Å². The second-order valence-electron chi connectivity index (χ2n) is 10.3. The first-order valence-electron chi connectivity index (χ1n) is 13.2. The number of hydrogen-bond donors (Lipinski definition) is 0. The minimum absolute atomic E-state index is 0.0378. The number of aromatic nitrogens is 1. The normalized spacial score (nSPS) is 19.6. The van der Waals surface area contributed by atoms with Gasteiger partial charge in [-0.3, -0.25) is 9.36 Å². The molecule has 5 rings (SSSR count). The van der Waals surface area contributed by atoms with Gasteiger partial charge in [-0.1, -0.05) is 50.3 Å². The van der Waals surface area contributed by atoms with Crippen LogP contribution in [0.4, 0.5) is 0 Å². The molecule has 3 aromatic rings. The van der Waals surface area contributed by atoms with Gasteiger partial charge in [0.25, 0.3) is 5.91 Å². The van der Waals surface area contributed by atoms with E-state index in [0.29, 0.717) is 0 Å². The molecule has 1 aromatic heterocycles. The van der Waals surface area contributed by atoms with E-state index in [1.807, 2.05) is 47.0 Å². The lowest BCUT2D eigenvalue weighted by molar-refractivity contribution is 0.0963. The van der Waals surface area contributed by atoms with Crippen molar-refractivity contribution in [1.29, 1.82) is 0 Å². The first kappa shape index (κ1) is 23.2. The molecule has 0 amide bonds. The summed E-state index contributed by atoms with van der Waals surface area (Å²) >= 11 is 0. The van der Waals surface area contributed by atoms with E-state index in [1.54, 1.807) is 7.11 Å². The first-order valence-corrected chi connectivity index (χ1v) is 13.2. The molecule has 4 nitrogen and oxygen atoms in total. The van der Waals surface area contributed by atoms with Crippen LogP contribution in [0.5, 0.6) is 5.75 Å². The first-order chi connectivity index (χ1) is 16.7. The van der Waals surface area contributed by atoms with Gasteiger partial charge in [-0.15, -0.1) is 0 Å². The fourth-order valence-electron chi connectivity index (χ4n) is 6.40. The zero-order chi connectivity index (χ0) is 23.5. The van der Waals surface area contributed by atoms with E-state index >= 15 is 0 Å². The number of likely N-dealkylation sites (tertiary alicyclic amines) is 1. The number of carbonyl (C=O) groups is 1. The molecule has 180 valence electrons. The third-order valence-corrected chi connectivity index (χ3v) is 8.24. The molecular weight excluding hydrogens is 420 g/mol. The molecule has 4 heteroatoms. The van der Waals surface area contributed by atoms with Crippen molar-refractivity contribution in [1.82, 2.24) is 9.47 Å². The summed E-state index contributed by atoms with van der Waals surface area (Å²) in [7, 11) is 1.71. The van der Waals surface area contributed by atoms with Gasteiger partial charge in [0.15, 0.2) is 0 Å². The lowest BCUT2D eigenvalue weighted by atomic mass is 9.84. The van der Waals surface area contributed by atoms with Crippen LogP contribution in [0.1, 0.15) is 73.0 Å². The van der Waals surface area contributed by atoms with Gasteiger partial charge in [0.1, 0.15) is 5.75 Å². The van der Waals surface area contributed by atoms with Crippen LogP contribution in [0.2, 0.25) is 0 Å². The van der Waals surface area contributed by atoms with Crippen LogP contribution in [-0.2, 0) is 6.42 Å². The van der Waals surface area contributed by atoms with Gasteiger partial charge in [0.2, 0.25) is 0 Å². The fourth-order valence-corrected chi connectivity index (χ4v) is 6.40. The van der Waals surface area contributed by atoms with Crippen LogP contribution >= 0.6 is 0 Å². The maximum atomic E-state index is 13.5. The lowest BCUT2D eigenvalue weighted by Gasteiger charge is -2.30. The topological polar surface area (TPSA) is 34.5 Å². The summed E-state index contributed by atoms with van der Waals surface area (Å²) in [6.07, 6.45) is 12.1. The highest BCUT2D eigenvalue weighted by molar-refractivity contribution is 6.04. The van der Waals surface area contributed by atoms with E-state index in [-0.39, 0.29) is 5.91 Å². The standard InChI is InChI=1S/C30H38N2O2/c1-22-27(17-19-31-18-9-14-25(31)20-23-10-5-3-6-11-23)28-21-26(34-2)15-16-29(28)32(22)30(33)24-12-7-4-8-13-24/h4,7-8,12-13,15-16,21,23,25H,3,5-6,9-11,14,17-20H2,1-2H3. The molecule has 2 aromatic carbocycles. The quantitative estimate of drug-likeness (QED) is 0.399. The van der Waals surface area contributed by atoms with Gasteiger partial charge in [-0.2, -0.15) is 0 Å². The minimum atomic E-state index is 0.0378. The van der Waals surface area contributed by atoms with Crippen molar-refractivity contribution in [2.45, 2.75) is 70.8 Å². The molecule has 34 heavy (non-hydrogen) atoms. The van der Waals surface area contributed by atoms with Crippen LogP contribution in [0.15, 0.2) is 48.5 Å². The second kappa shape index (κ2) is 10.4. The maximum Gasteiger partial charge on any atom is 0.262 e. The van der Waals surface area contributed by atoms with Gasteiger partial charge < -0.3 is 9.64 Å². The molecule has 1 saturated heterocycles. The van der Waals surface area contributed by atoms with E-state index in [2.05, 4.69) is 17.9 Å². The average molecular weight is 459 g/mol. The second-order valence-corrected chi connectivity index (χ2v) is 10.3. The highest BCUT2D eigenvalue weighted by Gasteiger charge is 2.28. The predicted molar refractivity (Wildman–Crippen MR) is 139 cm³/mol. The Morgan fingerprint density at radius 1 is 1.00 bits per heavy atom. The molecule has 1 saturated carbocycles. The summed E-state index contributed by atoms with van der Waals surface area (Å²) in [5.74, 6) is 1.81. The molecule has 0 radical (unpaired) electrons. The average Bonchev–Trinajstić information content (AvgIpc) is 3.43. The Morgan fingerprint density at radius 3 is 2.56 bits per heavy atom. The predicted octanol–water partition coefficient (Wildman–Crippen LogP) is 6.62. The Labute approximate surface area is 203 Å². The summed E-state index contributed by atoms with van der Waals surface area (Å²) in [6.45, 7) is 4.38. The van der Waals surface area contributed by atoms with E-state index in [0.717, 1.165) is 52.8 Å². The summed E-state index contributed by atoms with van der Waals surface area (Å²) in [6, 6.07) is 16.4. The number of rotatable bonds is 7. The summed E-state index contributed by atoms with van der Waals surface area (Å²) < 4.78 is 7.45. The van der Waals surface area contributed by atoms with Gasteiger partial charge >= 0.3 is 0 Å². The van der Waals surface area contributed by atoms with E-state index in [4.69, 9.17) is 4.74 Å². The Morgan fingerprint density at radius 2 is 1.79 bits per heavy atom. The van der Waals surface area contributed by atoms with Crippen LogP contribution in [0.25, 0.3) is 10.9 Å². The molecule has 2 heterocycles. The number of carbonyl (C=O) groups excluding carboxylic acids is 1. The lowest BCUT2D eigenvalue weighted by Crippen LogP contribution is -2.33. The third-order valence-electron chi connectivity index (χ3n) is 8.24. The fraction of sp³-hybridized carbons (Fsp3) is 0.500. The Balaban J connectivity index is 1.41. The van der Waals surface area contributed by atoms with Gasteiger partial charge in [-0.05, 0) is 81.0 Å². The maximum absolute atomic E-state index is 13.5. The molecule has 0 bridgehead atoms. The third kappa shape index (κ3) is 4.65. The molecule has 1 aliphatic carbocycles. The molecule has 0 N–H and O–H groups in total. The molecule has 1 unspecified atom stereocenters. The minimum Gasteiger partial charge on any atom is -0.497 e. The van der Waals surface area contributed by atoms with Crippen molar-refractivity contribution < 1.29 is 9.53 Å². The number of methoxy groups -OCH3 is 1. The Bertz CT molecular complexity index is 1130. The molecule has 1 atom stereocenters. The van der Waals surface area contributed by atoms with Gasteiger partial charge in [0.05, 0.1) is 12.6 Å². The Hall–Kier alpha value is -2.59. The monoisotopic (exact) mass is 458 g/mol. The SMILES string of the molecule is COc1ccc2c(c1)c(CCN1CCCC1CC1CCCCC1)c(C)n2C(=O)c1ccccc1. The van der Waals surface area contributed by atoms with Crippen LogP contribution in [0, 0.1) is 12.8 Å². The van der Waals surface area contributed by atoms with E-state index in [1.165, 1.54) is 63.5 Å². The van der Waals surface area contributed by atoms with Gasteiger partial charge in [-0.25, -0.2) is 0 Å². The Kier molecular flexibility index (Phi) is 7.05. The highest BCUT2D eigenvalue weighted by atomic mass is 16.5. The molecule has 1 aliphatic heterocycles. The van der Waals surface area contributed by atoms with Crippen molar-refractivity contribution in [2.24, 2.45) is 5.92 Å². The zero-order valence-electron chi connectivity index (χ0n) is 20.8. The molecule has 2 fully saturated rings. The number of ether oxygens (including phenoxy) is 1. The van der Waals surface area contributed by atoms with Crippen molar-refractivity contribution in [2.75, 3.05) is 20.2 Å². The summed E-state index contributed by atoms with van der Waals surface area (Å²) in [5, 5.41) is 1.14. The molecule has 0 spiro atoms. The smallest absolute Gasteiger partial charge is 0.262 e. The van der Waals surface area contributed by atoms with Crippen LogP contribution in [-0.4, -0.2) is 41.6 Å². The molecular formula is C30H38N2O2. The van der Waals surface area contributed by atoms with Crippen molar-refractivity contribution >= 4 is 16.8 Å². The van der Waals surface area contributed by atoms with E-state index < -0.39 is 0 Å². The zero-order valence-corrected chi connectivity index (χ0v) is 20.8.